The number of hydrogen-bond donors (Lipinski definition) is 0. The van der Waals surface area contributed by atoms with E-state index in [1.165, 1.54) is 21.9 Å². The van der Waals surface area contributed by atoms with Crippen molar-refractivity contribution in [2.75, 3.05) is 0 Å². The Morgan fingerprint density at radius 1 is 0.610 bits per heavy atom. The first-order valence-corrected chi connectivity index (χ1v) is 15.8. The first kappa shape index (κ1) is 24.1. The lowest BCUT2D eigenvalue weighted by molar-refractivity contribution is 0.592. The van der Waals surface area contributed by atoms with E-state index in [1.54, 1.807) is 0 Å². The van der Waals surface area contributed by atoms with Crippen LogP contribution in [0.4, 0.5) is 0 Å². The van der Waals surface area contributed by atoms with Crippen LogP contribution in [0.1, 0.15) is 12.7 Å². The van der Waals surface area contributed by atoms with Gasteiger partial charge in [0.1, 0.15) is 5.82 Å². The van der Waals surface area contributed by atoms with Crippen LogP contribution in [0, 0.1) is 0 Å². The van der Waals surface area contributed by atoms with E-state index >= 15 is 4.57 Å². The Kier molecular flexibility index (Phi) is 5.39. The lowest BCUT2D eigenvalue weighted by Gasteiger charge is -2.29. The summed E-state index contributed by atoms with van der Waals surface area (Å²) in [6.07, 6.45) is 0.786. The van der Waals surface area contributed by atoms with E-state index in [0.717, 1.165) is 56.0 Å². The smallest absolute Gasteiger partial charge is 0.175 e. The minimum atomic E-state index is -3.10. The minimum Gasteiger partial charge on any atom is -0.308 e. The summed E-state index contributed by atoms with van der Waals surface area (Å²) in [4.78, 5) is 4.97. The first-order chi connectivity index (χ1) is 20.1. The normalized spacial score (nSPS) is 15.7. The number of nitrogens with zero attached hydrogens (tertiary/aromatic N) is 2. The summed E-state index contributed by atoms with van der Waals surface area (Å²) >= 11 is 0. The van der Waals surface area contributed by atoms with Crippen molar-refractivity contribution in [3.05, 3.63) is 139 Å². The van der Waals surface area contributed by atoms with Crippen molar-refractivity contribution in [1.82, 2.24) is 9.55 Å². The van der Waals surface area contributed by atoms with Crippen molar-refractivity contribution in [1.29, 1.82) is 0 Å². The lowest BCUT2D eigenvalue weighted by Crippen LogP contribution is -2.33. The molecule has 196 valence electrons. The number of hydrogen-bond acceptors (Lipinski definition) is 2. The van der Waals surface area contributed by atoms with Gasteiger partial charge < -0.3 is 4.57 Å². The van der Waals surface area contributed by atoms with Gasteiger partial charge in [-0.15, -0.1) is 0 Å². The van der Waals surface area contributed by atoms with Gasteiger partial charge >= 0.3 is 0 Å². The zero-order valence-electron chi connectivity index (χ0n) is 22.7. The van der Waals surface area contributed by atoms with E-state index in [1.807, 2.05) is 48.5 Å². The second-order valence-corrected chi connectivity index (χ2v) is 13.3. The molecule has 0 spiro atoms. The van der Waals surface area contributed by atoms with Crippen LogP contribution in [0.2, 0.25) is 0 Å². The van der Waals surface area contributed by atoms with Crippen molar-refractivity contribution >= 4 is 44.9 Å². The Labute approximate surface area is 239 Å². The van der Waals surface area contributed by atoms with Crippen LogP contribution in [-0.4, -0.2) is 9.55 Å². The van der Waals surface area contributed by atoms with Gasteiger partial charge in [0.25, 0.3) is 0 Å². The average molecular weight is 547 g/mol. The molecule has 4 heteroatoms. The van der Waals surface area contributed by atoms with Crippen LogP contribution in [0.5, 0.6) is 0 Å². The maximum Gasteiger partial charge on any atom is 0.175 e. The largest absolute Gasteiger partial charge is 0.308 e. The fourth-order valence-corrected chi connectivity index (χ4v) is 9.31. The van der Waals surface area contributed by atoms with Crippen LogP contribution in [-0.2, 0) is 11.0 Å². The van der Waals surface area contributed by atoms with Gasteiger partial charge in [-0.05, 0) is 63.4 Å². The predicted octanol–water partition coefficient (Wildman–Crippen LogP) is 8.03. The number of aryl methyl sites for hydroxylation is 1. The summed E-state index contributed by atoms with van der Waals surface area (Å²) < 4.78 is 17.5. The van der Waals surface area contributed by atoms with Gasteiger partial charge in [-0.2, -0.15) is 0 Å². The first-order valence-electron chi connectivity index (χ1n) is 14.1. The fraction of sp³-hybridized carbons (Fsp3) is 0.0541. The molecule has 8 rings (SSSR count). The molecule has 6 aromatic carbocycles. The molecule has 1 aliphatic rings. The van der Waals surface area contributed by atoms with Crippen LogP contribution in [0.25, 0.3) is 49.7 Å². The number of fused-ring (bicyclic) bond motifs is 3. The molecule has 1 unspecified atom stereocenters. The highest BCUT2D eigenvalue weighted by atomic mass is 31.2. The van der Waals surface area contributed by atoms with Crippen molar-refractivity contribution < 1.29 is 4.57 Å². The fourth-order valence-electron chi connectivity index (χ4n) is 6.33. The van der Waals surface area contributed by atoms with E-state index in [4.69, 9.17) is 4.98 Å². The predicted molar refractivity (Wildman–Crippen MR) is 172 cm³/mol. The highest BCUT2D eigenvalue weighted by molar-refractivity contribution is 7.86. The van der Waals surface area contributed by atoms with Crippen molar-refractivity contribution in [3.8, 4) is 27.9 Å². The van der Waals surface area contributed by atoms with Gasteiger partial charge in [-0.25, -0.2) is 4.98 Å². The van der Waals surface area contributed by atoms with Crippen molar-refractivity contribution in [3.63, 3.8) is 0 Å². The number of para-hydroxylation sites is 1. The van der Waals surface area contributed by atoms with E-state index in [0.29, 0.717) is 0 Å². The SMILES string of the molecule is CCc1nc2cccc3c2n1-c1cc(-c2ccc(-c4ccc5ccccc5c4)cc2)ccc1P3(=O)c1ccccc1. The number of aromatic nitrogens is 2. The van der Waals surface area contributed by atoms with Gasteiger partial charge in [0.05, 0.1) is 16.7 Å². The Bertz CT molecular complexity index is 2160. The van der Waals surface area contributed by atoms with E-state index < -0.39 is 7.14 Å². The van der Waals surface area contributed by atoms with Crippen LogP contribution >= 0.6 is 7.14 Å². The number of imidazole rings is 1. The van der Waals surface area contributed by atoms with Crippen molar-refractivity contribution in [2.24, 2.45) is 0 Å². The van der Waals surface area contributed by atoms with Gasteiger partial charge in [0.15, 0.2) is 7.14 Å². The summed E-state index contributed by atoms with van der Waals surface area (Å²) in [6.45, 7) is 2.13. The summed E-state index contributed by atoms with van der Waals surface area (Å²) in [7, 11) is -3.10. The molecule has 0 radical (unpaired) electrons. The maximum atomic E-state index is 15.3. The summed E-state index contributed by atoms with van der Waals surface area (Å²) in [5.74, 6) is 0.983. The molecule has 1 aliphatic heterocycles. The molecule has 1 atom stereocenters. The van der Waals surface area contributed by atoms with Crippen molar-refractivity contribution in [2.45, 2.75) is 13.3 Å². The molecule has 0 fully saturated rings. The molecule has 0 saturated heterocycles. The van der Waals surface area contributed by atoms with E-state index in [9.17, 15) is 0 Å². The van der Waals surface area contributed by atoms with Crippen LogP contribution in [0.15, 0.2) is 133 Å². The van der Waals surface area contributed by atoms with Gasteiger partial charge in [0, 0.05) is 22.3 Å². The van der Waals surface area contributed by atoms with Crippen LogP contribution < -0.4 is 15.9 Å². The molecule has 0 bridgehead atoms. The highest BCUT2D eigenvalue weighted by Crippen LogP contribution is 2.49. The van der Waals surface area contributed by atoms with E-state index in [2.05, 4.69) is 96.4 Å². The summed E-state index contributed by atoms with van der Waals surface area (Å²) in [5, 5.41) is 5.08. The Morgan fingerprint density at radius 3 is 2.02 bits per heavy atom. The summed E-state index contributed by atoms with van der Waals surface area (Å²) in [5.41, 5.74) is 7.43. The van der Waals surface area contributed by atoms with Crippen LogP contribution in [0.3, 0.4) is 0 Å². The molecule has 2 heterocycles. The lowest BCUT2D eigenvalue weighted by atomic mass is 9.98. The molecule has 7 aromatic rings. The molecule has 0 saturated carbocycles. The molecular formula is C37H27N2OP. The van der Waals surface area contributed by atoms with E-state index in [-0.39, 0.29) is 0 Å². The molecular weight excluding hydrogens is 519 g/mol. The van der Waals surface area contributed by atoms with Gasteiger partial charge in [0.2, 0.25) is 0 Å². The second-order valence-electron chi connectivity index (χ2n) is 10.6. The maximum absolute atomic E-state index is 15.3. The minimum absolute atomic E-state index is 0.786. The average Bonchev–Trinajstić information content (AvgIpc) is 3.43. The number of benzene rings is 6. The molecule has 0 N–H and O–H groups in total. The monoisotopic (exact) mass is 546 g/mol. The standard InChI is InChI=1S/C37H27N2OP/c1-2-36-38-32-13-8-14-35-37(32)39(36)33-24-30(21-22-34(33)41(35,40)31-11-4-3-5-12-31)27-17-15-26(16-18-27)29-20-19-25-9-6-7-10-28(25)23-29/h3-24H,2H2,1H3. The zero-order valence-corrected chi connectivity index (χ0v) is 23.6. The number of rotatable bonds is 4. The third-order valence-corrected chi connectivity index (χ3v) is 11.5. The third kappa shape index (κ3) is 3.59. The molecule has 1 aromatic heterocycles. The third-order valence-electron chi connectivity index (χ3n) is 8.36. The topological polar surface area (TPSA) is 34.9 Å². The molecule has 0 amide bonds. The van der Waals surface area contributed by atoms with Gasteiger partial charge in [-0.1, -0.05) is 110 Å². The quantitative estimate of drug-likeness (QED) is 0.210. The Morgan fingerprint density at radius 2 is 1.27 bits per heavy atom. The summed E-state index contributed by atoms with van der Waals surface area (Å²) in [6, 6.07) is 46.2. The molecule has 41 heavy (non-hydrogen) atoms. The zero-order chi connectivity index (χ0) is 27.6. The molecule has 0 aliphatic carbocycles. The Hall–Kier alpha value is -4.72. The van der Waals surface area contributed by atoms with Gasteiger partial charge in [-0.3, -0.25) is 4.57 Å². The molecule has 3 nitrogen and oxygen atoms in total. The second kappa shape index (κ2) is 9.16. The Balaban J connectivity index is 1.29. The highest BCUT2D eigenvalue weighted by Gasteiger charge is 2.39.